The molecule has 12 heteroatoms. The molecule has 0 spiro atoms. The number of alkyl halides is 3. The van der Waals surface area contributed by atoms with Crippen LogP contribution >= 0.6 is 11.3 Å². The van der Waals surface area contributed by atoms with Gasteiger partial charge in [0.05, 0.1) is 11.3 Å². The van der Waals surface area contributed by atoms with Gasteiger partial charge in [-0.25, -0.2) is 9.67 Å². The van der Waals surface area contributed by atoms with E-state index in [4.69, 9.17) is 0 Å². The second-order valence-corrected chi connectivity index (χ2v) is 9.28. The highest BCUT2D eigenvalue weighted by Crippen LogP contribution is 2.31. The van der Waals surface area contributed by atoms with Gasteiger partial charge in [0.25, 0.3) is 5.91 Å². The van der Waals surface area contributed by atoms with E-state index < -0.39 is 23.3 Å². The molecular formula is C24H24F3N5O3S. The summed E-state index contributed by atoms with van der Waals surface area (Å²) in [5.41, 5.74) is -1.45. The van der Waals surface area contributed by atoms with Crippen LogP contribution < -0.4 is 5.32 Å². The lowest BCUT2D eigenvalue weighted by molar-refractivity contribution is -0.141. The summed E-state index contributed by atoms with van der Waals surface area (Å²) in [4.78, 5) is 43.2. The van der Waals surface area contributed by atoms with Gasteiger partial charge in [0.1, 0.15) is 0 Å². The van der Waals surface area contributed by atoms with Crippen molar-refractivity contribution >= 4 is 28.9 Å². The van der Waals surface area contributed by atoms with Crippen LogP contribution in [0.15, 0.2) is 48.1 Å². The Morgan fingerprint density at radius 1 is 1.11 bits per heavy atom. The van der Waals surface area contributed by atoms with E-state index in [1.807, 2.05) is 0 Å². The Morgan fingerprint density at radius 2 is 1.83 bits per heavy atom. The zero-order valence-electron chi connectivity index (χ0n) is 19.2. The second-order valence-electron chi connectivity index (χ2n) is 8.39. The van der Waals surface area contributed by atoms with Crippen molar-refractivity contribution in [1.29, 1.82) is 0 Å². The lowest BCUT2D eigenvalue weighted by Gasteiger charge is -2.31. The van der Waals surface area contributed by atoms with Crippen LogP contribution in [0.2, 0.25) is 0 Å². The Bertz CT molecular complexity index is 1200. The first-order valence-corrected chi connectivity index (χ1v) is 12.3. The molecular weight excluding hydrogens is 495 g/mol. The van der Waals surface area contributed by atoms with Crippen LogP contribution in [-0.4, -0.2) is 56.9 Å². The van der Waals surface area contributed by atoms with Gasteiger partial charge in [0.15, 0.2) is 16.5 Å². The van der Waals surface area contributed by atoms with E-state index in [1.54, 1.807) is 46.8 Å². The number of hydrogen-bond acceptors (Lipinski definition) is 6. The first-order valence-electron chi connectivity index (χ1n) is 11.5. The molecule has 8 nitrogen and oxygen atoms in total. The van der Waals surface area contributed by atoms with Crippen LogP contribution in [0.25, 0.3) is 5.69 Å². The Hall–Kier alpha value is -3.54. The average molecular weight is 520 g/mol. The number of benzene rings is 1. The number of piperidine rings is 1. The summed E-state index contributed by atoms with van der Waals surface area (Å²) < 4.78 is 41.4. The lowest BCUT2D eigenvalue weighted by atomic mass is 9.92. The van der Waals surface area contributed by atoms with Gasteiger partial charge in [0.2, 0.25) is 5.91 Å². The van der Waals surface area contributed by atoms with Crippen LogP contribution in [-0.2, 0) is 11.0 Å². The zero-order valence-corrected chi connectivity index (χ0v) is 20.0. The summed E-state index contributed by atoms with van der Waals surface area (Å²) in [7, 11) is 0. The maximum atomic E-state index is 13.5. The number of hydrogen-bond donors (Lipinski definition) is 1. The van der Waals surface area contributed by atoms with Gasteiger partial charge in [0, 0.05) is 49.7 Å². The highest BCUT2D eigenvalue weighted by molar-refractivity contribution is 7.11. The van der Waals surface area contributed by atoms with Crippen LogP contribution in [0.4, 0.5) is 13.2 Å². The summed E-state index contributed by atoms with van der Waals surface area (Å²) in [6.07, 6.45) is -0.614. The van der Waals surface area contributed by atoms with Crippen molar-refractivity contribution in [1.82, 2.24) is 25.0 Å². The van der Waals surface area contributed by atoms with Gasteiger partial charge in [-0.2, -0.15) is 18.3 Å². The summed E-state index contributed by atoms with van der Waals surface area (Å²) in [6.45, 7) is 0.957. The number of likely N-dealkylation sites (tertiary alicyclic amines) is 1. The Kier molecular flexibility index (Phi) is 7.82. The number of carbonyl (C=O) groups excluding carboxylic acids is 3. The molecule has 0 aliphatic carbocycles. The van der Waals surface area contributed by atoms with Crippen molar-refractivity contribution in [3.8, 4) is 5.69 Å². The molecule has 2 aromatic heterocycles. The van der Waals surface area contributed by atoms with Crippen molar-refractivity contribution in [3.63, 3.8) is 0 Å². The number of halogens is 3. The molecule has 1 aliphatic heterocycles. The molecule has 3 heterocycles. The van der Waals surface area contributed by atoms with E-state index >= 15 is 0 Å². The van der Waals surface area contributed by atoms with Crippen molar-refractivity contribution in [2.24, 2.45) is 5.92 Å². The first-order chi connectivity index (χ1) is 17.2. The van der Waals surface area contributed by atoms with E-state index in [0.717, 1.165) is 10.9 Å². The molecule has 0 bridgehead atoms. The van der Waals surface area contributed by atoms with E-state index in [2.05, 4.69) is 15.4 Å². The van der Waals surface area contributed by atoms with Gasteiger partial charge in [-0.1, -0.05) is 18.2 Å². The summed E-state index contributed by atoms with van der Waals surface area (Å²) >= 11 is 1.30. The van der Waals surface area contributed by atoms with Crippen molar-refractivity contribution in [2.75, 3.05) is 19.6 Å². The quantitative estimate of drug-likeness (QED) is 0.359. The summed E-state index contributed by atoms with van der Waals surface area (Å²) in [5.74, 6) is -1.16. The molecule has 1 aromatic carbocycles. The molecule has 36 heavy (non-hydrogen) atoms. The molecule has 190 valence electrons. The van der Waals surface area contributed by atoms with Crippen LogP contribution in [0.1, 0.15) is 51.5 Å². The molecule has 1 saturated heterocycles. The third-order valence-electron chi connectivity index (χ3n) is 5.96. The van der Waals surface area contributed by atoms with Crippen molar-refractivity contribution < 1.29 is 27.6 Å². The maximum absolute atomic E-state index is 13.5. The van der Waals surface area contributed by atoms with Crippen LogP contribution in [0.3, 0.4) is 0 Å². The average Bonchev–Trinajstić information content (AvgIpc) is 3.57. The number of aromatic nitrogens is 3. The van der Waals surface area contributed by atoms with Gasteiger partial charge < -0.3 is 10.2 Å². The SMILES string of the molecule is O=C(NCCCC(=O)N1CCC(C(=O)c2nccs2)CC1)c1cn(-c2ccccc2)nc1C(F)(F)F. The molecule has 0 radical (unpaired) electrons. The van der Waals surface area contributed by atoms with Crippen molar-refractivity contribution in [3.05, 3.63) is 64.4 Å². The minimum atomic E-state index is -4.80. The largest absolute Gasteiger partial charge is 0.435 e. The smallest absolute Gasteiger partial charge is 0.352 e. The van der Waals surface area contributed by atoms with E-state index in [9.17, 15) is 27.6 Å². The molecule has 0 unspecified atom stereocenters. The zero-order chi connectivity index (χ0) is 25.7. The first kappa shape index (κ1) is 25.5. The van der Waals surface area contributed by atoms with Crippen molar-refractivity contribution in [2.45, 2.75) is 31.9 Å². The molecule has 1 N–H and O–H groups in total. The number of thiazole rings is 1. The van der Waals surface area contributed by atoms with E-state index in [1.165, 1.54) is 11.3 Å². The van der Waals surface area contributed by atoms with Crippen LogP contribution in [0, 0.1) is 5.92 Å². The minimum Gasteiger partial charge on any atom is -0.352 e. The summed E-state index contributed by atoms with van der Waals surface area (Å²) in [6, 6.07) is 8.19. The number of para-hydroxylation sites is 1. The number of carbonyl (C=O) groups is 3. The number of nitrogens with zero attached hydrogens (tertiary/aromatic N) is 4. The van der Waals surface area contributed by atoms with Gasteiger partial charge in [-0.05, 0) is 31.4 Å². The van der Waals surface area contributed by atoms with Crippen LogP contribution in [0.5, 0.6) is 0 Å². The van der Waals surface area contributed by atoms with E-state index in [0.29, 0.717) is 36.6 Å². The van der Waals surface area contributed by atoms with Gasteiger partial charge >= 0.3 is 6.18 Å². The highest BCUT2D eigenvalue weighted by Gasteiger charge is 2.39. The molecule has 1 aliphatic rings. The molecule has 0 atom stereocenters. The number of ketones is 1. The molecule has 4 rings (SSSR count). The third-order valence-corrected chi connectivity index (χ3v) is 6.75. The van der Waals surface area contributed by atoms with E-state index in [-0.39, 0.29) is 37.0 Å². The highest BCUT2D eigenvalue weighted by atomic mass is 32.1. The molecule has 0 saturated carbocycles. The topological polar surface area (TPSA) is 97.2 Å². The number of nitrogens with one attached hydrogen (secondary N) is 1. The molecule has 3 aromatic rings. The fraction of sp³-hybridized carbons (Fsp3) is 0.375. The minimum absolute atomic E-state index is 0.00799. The van der Waals surface area contributed by atoms with Gasteiger partial charge in [-0.3, -0.25) is 14.4 Å². The number of rotatable bonds is 8. The predicted octanol–water partition coefficient (Wildman–Crippen LogP) is 3.98. The standard InChI is InChI=1S/C24H24F3N5O3S/c25-24(26,27)21-18(15-32(30-21)17-5-2-1-3-6-17)22(35)28-10-4-7-19(33)31-12-8-16(9-13-31)20(34)23-29-11-14-36-23/h1-3,5-6,11,14-16H,4,7-10,12-13H2,(H,28,35). The normalized spacial score (nSPS) is 14.6. The predicted molar refractivity (Wildman–Crippen MR) is 126 cm³/mol. The lowest BCUT2D eigenvalue weighted by Crippen LogP contribution is -2.40. The Balaban J connectivity index is 1.26. The molecule has 2 amide bonds. The second kappa shape index (κ2) is 11.0. The Morgan fingerprint density at radius 3 is 2.47 bits per heavy atom. The fourth-order valence-electron chi connectivity index (χ4n) is 4.07. The Labute approximate surface area is 209 Å². The maximum Gasteiger partial charge on any atom is 0.435 e. The fourth-order valence-corrected chi connectivity index (χ4v) is 4.72. The number of amides is 2. The van der Waals surface area contributed by atoms with Gasteiger partial charge in [-0.15, -0.1) is 11.3 Å². The third kappa shape index (κ3) is 5.99. The monoisotopic (exact) mass is 519 g/mol. The molecule has 1 fully saturated rings. The summed E-state index contributed by atoms with van der Waals surface area (Å²) in [5, 5.41) is 8.27. The number of Topliss-reactive ketones (excluding diaryl/α,β-unsaturated/α-hetero) is 1.